The average molecular weight is 492 g/mol. The highest BCUT2D eigenvalue weighted by atomic mass is 19.4. The molecule has 8 nitrogen and oxygen atoms in total. The van der Waals surface area contributed by atoms with Crippen molar-refractivity contribution < 1.29 is 55.3 Å². The molecule has 33 heavy (non-hydrogen) atoms. The standard InChI is InChI=1S/C15H24N2O2.2C2HF3O2/c1-3-16-9-13-14(10-16)17(6-4-15(13)18-2)8-12-5-7-19-11-12;2*3-2(4,5)1(6)7/h5,7,11,13-15H,3-4,6,8-10H2,1-2H3;2*(H,6,7)/t13-,14+,15+;;/m0../s1. The molecule has 0 saturated carbocycles. The molecular formula is C19H26F6N2O6. The number of ether oxygens (including phenoxy) is 1. The summed E-state index contributed by atoms with van der Waals surface area (Å²) in [5.74, 6) is -4.86. The van der Waals surface area contributed by atoms with Crippen molar-refractivity contribution in [3.05, 3.63) is 24.2 Å². The maximum absolute atomic E-state index is 10.6. The summed E-state index contributed by atoms with van der Waals surface area (Å²) in [6.07, 6.45) is -4.96. The fraction of sp³-hybridized carbons (Fsp3) is 0.684. The van der Waals surface area contributed by atoms with Crippen molar-refractivity contribution in [2.45, 2.75) is 44.4 Å². The third kappa shape index (κ3) is 9.21. The number of alkyl halides is 6. The Kier molecular flexibility index (Phi) is 10.6. The minimum absolute atomic E-state index is 0.433. The number of piperidine rings is 1. The molecule has 2 aliphatic rings. The van der Waals surface area contributed by atoms with E-state index >= 15 is 0 Å². The number of aliphatic carboxylic acids is 2. The highest BCUT2D eigenvalue weighted by Gasteiger charge is 2.44. The van der Waals surface area contributed by atoms with Gasteiger partial charge in [0.05, 0.1) is 18.6 Å². The topological polar surface area (TPSA) is 103 Å². The molecule has 3 atom stereocenters. The van der Waals surface area contributed by atoms with Gasteiger partial charge in [0.1, 0.15) is 0 Å². The maximum Gasteiger partial charge on any atom is 0.490 e. The summed E-state index contributed by atoms with van der Waals surface area (Å²) in [7, 11) is 1.86. The van der Waals surface area contributed by atoms with Crippen molar-refractivity contribution in [2.75, 3.05) is 33.3 Å². The van der Waals surface area contributed by atoms with Crippen molar-refractivity contribution in [3.8, 4) is 0 Å². The van der Waals surface area contributed by atoms with Gasteiger partial charge in [0.25, 0.3) is 0 Å². The van der Waals surface area contributed by atoms with Gasteiger partial charge in [-0.25, -0.2) is 9.59 Å². The second-order valence-electron chi connectivity index (χ2n) is 7.35. The Balaban J connectivity index is 0.000000324. The van der Waals surface area contributed by atoms with Crippen LogP contribution < -0.4 is 0 Å². The Morgan fingerprint density at radius 2 is 1.67 bits per heavy atom. The molecule has 0 aliphatic carbocycles. The first kappa shape index (κ1) is 28.7. The molecule has 0 unspecified atom stereocenters. The molecule has 2 N–H and O–H groups in total. The number of carboxylic acid groups (broad SMARTS) is 2. The predicted molar refractivity (Wildman–Crippen MR) is 101 cm³/mol. The third-order valence-electron chi connectivity index (χ3n) is 5.26. The van der Waals surface area contributed by atoms with Gasteiger partial charge in [-0.3, -0.25) is 4.90 Å². The van der Waals surface area contributed by atoms with Crippen LogP contribution in [0.15, 0.2) is 23.0 Å². The molecule has 2 aliphatic heterocycles. The van der Waals surface area contributed by atoms with Crippen LogP contribution in [0.1, 0.15) is 18.9 Å². The lowest BCUT2D eigenvalue weighted by Crippen LogP contribution is -2.50. The number of rotatable bonds is 4. The highest BCUT2D eigenvalue weighted by molar-refractivity contribution is 5.73. The second-order valence-corrected chi connectivity index (χ2v) is 7.35. The Bertz CT molecular complexity index is 716. The van der Waals surface area contributed by atoms with E-state index in [0.717, 1.165) is 26.1 Å². The van der Waals surface area contributed by atoms with Gasteiger partial charge in [-0.05, 0) is 19.0 Å². The van der Waals surface area contributed by atoms with Gasteiger partial charge in [-0.2, -0.15) is 26.3 Å². The largest absolute Gasteiger partial charge is 0.490 e. The molecule has 0 aromatic carbocycles. The number of hydrogen-bond donors (Lipinski definition) is 2. The lowest BCUT2D eigenvalue weighted by molar-refractivity contribution is -0.193. The van der Waals surface area contributed by atoms with Gasteiger partial charge in [-0.1, -0.05) is 6.92 Å². The second kappa shape index (κ2) is 12.2. The molecule has 3 heterocycles. The molecule has 0 amide bonds. The Hall–Kier alpha value is -2.32. The molecule has 190 valence electrons. The monoisotopic (exact) mass is 492 g/mol. The Morgan fingerprint density at radius 1 is 1.12 bits per heavy atom. The first-order chi connectivity index (χ1) is 15.2. The predicted octanol–water partition coefficient (Wildman–Crippen LogP) is 3.09. The summed E-state index contributed by atoms with van der Waals surface area (Å²) in [6.45, 7) is 7.89. The number of halogens is 6. The van der Waals surface area contributed by atoms with Gasteiger partial charge >= 0.3 is 24.3 Å². The SMILES string of the molecule is CCN1C[C@H]2[C@@H](C1)N(Cc1ccoc1)CC[C@H]2OC.O=C(O)C(F)(F)F.O=C(O)C(F)(F)F. The molecule has 1 aromatic rings. The number of carboxylic acids is 2. The molecule has 0 bridgehead atoms. The lowest BCUT2D eigenvalue weighted by atomic mass is 9.89. The Labute approximate surface area is 185 Å². The number of nitrogens with zero attached hydrogens (tertiary/aromatic N) is 2. The van der Waals surface area contributed by atoms with Crippen molar-refractivity contribution in [3.63, 3.8) is 0 Å². The van der Waals surface area contributed by atoms with E-state index in [1.54, 1.807) is 6.26 Å². The van der Waals surface area contributed by atoms with Crippen LogP contribution in [0, 0.1) is 5.92 Å². The van der Waals surface area contributed by atoms with E-state index in [0.29, 0.717) is 18.1 Å². The van der Waals surface area contributed by atoms with Crippen LogP contribution in [0.4, 0.5) is 26.3 Å². The summed E-state index contributed by atoms with van der Waals surface area (Å²) in [5.41, 5.74) is 1.28. The molecular weight excluding hydrogens is 466 g/mol. The molecule has 0 radical (unpaired) electrons. The molecule has 1 aromatic heterocycles. The number of furan rings is 1. The highest BCUT2D eigenvalue weighted by Crippen LogP contribution is 2.33. The van der Waals surface area contributed by atoms with Gasteiger partial charge < -0.3 is 24.3 Å². The number of likely N-dealkylation sites (N-methyl/N-ethyl adjacent to an activating group) is 1. The lowest BCUT2D eigenvalue weighted by Gasteiger charge is -2.41. The molecule has 2 fully saturated rings. The van der Waals surface area contributed by atoms with Gasteiger partial charge in [-0.15, -0.1) is 0 Å². The zero-order valence-electron chi connectivity index (χ0n) is 17.9. The van der Waals surface area contributed by atoms with Gasteiger partial charge in [0, 0.05) is 50.8 Å². The third-order valence-corrected chi connectivity index (χ3v) is 5.26. The van der Waals surface area contributed by atoms with Crippen molar-refractivity contribution in [1.82, 2.24) is 9.80 Å². The van der Waals surface area contributed by atoms with Crippen LogP contribution in [-0.4, -0.2) is 89.7 Å². The van der Waals surface area contributed by atoms with E-state index in [1.165, 1.54) is 18.7 Å². The molecule has 3 rings (SSSR count). The van der Waals surface area contributed by atoms with Crippen LogP contribution in [0.25, 0.3) is 0 Å². The zero-order valence-corrected chi connectivity index (χ0v) is 17.9. The van der Waals surface area contributed by atoms with Crippen LogP contribution >= 0.6 is 0 Å². The quantitative estimate of drug-likeness (QED) is 0.619. The van der Waals surface area contributed by atoms with Crippen LogP contribution in [0.5, 0.6) is 0 Å². The van der Waals surface area contributed by atoms with Crippen molar-refractivity contribution in [1.29, 1.82) is 0 Å². The average Bonchev–Trinajstić information content (AvgIpc) is 3.37. The minimum atomic E-state index is -5.08. The fourth-order valence-corrected chi connectivity index (χ4v) is 3.68. The van der Waals surface area contributed by atoms with E-state index in [9.17, 15) is 26.3 Å². The number of methoxy groups -OCH3 is 1. The van der Waals surface area contributed by atoms with Gasteiger partial charge in [0.2, 0.25) is 0 Å². The minimum Gasteiger partial charge on any atom is -0.475 e. The molecule has 14 heteroatoms. The summed E-state index contributed by atoms with van der Waals surface area (Å²) in [4.78, 5) is 23.0. The van der Waals surface area contributed by atoms with Gasteiger partial charge in [0.15, 0.2) is 0 Å². The number of carbonyl (C=O) groups is 2. The van der Waals surface area contributed by atoms with Crippen LogP contribution in [0.3, 0.4) is 0 Å². The van der Waals surface area contributed by atoms with Crippen molar-refractivity contribution >= 4 is 11.9 Å². The van der Waals surface area contributed by atoms with Crippen molar-refractivity contribution in [2.24, 2.45) is 5.92 Å². The number of likely N-dealkylation sites (tertiary alicyclic amines) is 2. The summed E-state index contributed by atoms with van der Waals surface area (Å²) in [5, 5.41) is 14.2. The van der Waals surface area contributed by atoms with Crippen LogP contribution in [0.2, 0.25) is 0 Å². The van der Waals surface area contributed by atoms with E-state index in [-0.39, 0.29) is 0 Å². The summed E-state index contributed by atoms with van der Waals surface area (Å²) < 4.78 is 74.4. The molecule has 0 spiro atoms. The first-order valence-corrected chi connectivity index (χ1v) is 9.81. The fourth-order valence-electron chi connectivity index (χ4n) is 3.68. The number of fused-ring (bicyclic) bond motifs is 1. The van der Waals surface area contributed by atoms with Crippen LogP contribution in [-0.2, 0) is 20.9 Å². The summed E-state index contributed by atoms with van der Waals surface area (Å²) in [6, 6.07) is 2.71. The smallest absolute Gasteiger partial charge is 0.475 e. The normalized spacial score (nSPS) is 23.6. The Morgan fingerprint density at radius 3 is 2.06 bits per heavy atom. The zero-order chi connectivity index (χ0) is 25.4. The molecule has 2 saturated heterocycles. The number of hydrogen-bond acceptors (Lipinski definition) is 6. The summed E-state index contributed by atoms with van der Waals surface area (Å²) >= 11 is 0. The van der Waals surface area contributed by atoms with E-state index < -0.39 is 24.3 Å². The first-order valence-electron chi connectivity index (χ1n) is 9.81. The van der Waals surface area contributed by atoms with E-state index in [4.69, 9.17) is 29.0 Å². The van der Waals surface area contributed by atoms with E-state index in [1.807, 2.05) is 13.4 Å². The van der Waals surface area contributed by atoms with E-state index in [2.05, 4.69) is 22.8 Å². The maximum atomic E-state index is 10.6.